The van der Waals surface area contributed by atoms with E-state index in [1.165, 1.54) is 32.4 Å². The molecule has 0 unspecified atom stereocenters. The van der Waals surface area contributed by atoms with Crippen molar-refractivity contribution in [3.8, 4) is 0 Å². The lowest BCUT2D eigenvalue weighted by atomic mass is 10.1. The van der Waals surface area contributed by atoms with Gasteiger partial charge < -0.3 is 9.80 Å². The van der Waals surface area contributed by atoms with E-state index in [9.17, 15) is 4.79 Å². The first kappa shape index (κ1) is 16.3. The van der Waals surface area contributed by atoms with Gasteiger partial charge in [-0.3, -0.25) is 14.2 Å². The predicted molar refractivity (Wildman–Crippen MR) is 94.1 cm³/mol. The topological polar surface area (TPSA) is 59.2 Å². The van der Waals surface area contributed by atoms with Crippen LogP contribution in [0, 0.1) is 0 Å². The summed E-state index contributed by atoms with van der Waals surface area (Å²) in [5, 5.41) is 8.78. The van der Waals surface area contributed by atoms with Gasteiger partial charge in [0.15, 0.2) is 0 Å². The second kappa shape index (κ2) is 7.00. The van der Waals surface area contributed by atoms with E-state index < -0.39 is 0 Å². The van der Waals surface area contributed by atoms with Crippen LogP contribution in [0.2, 0.25) is 0 Å². The average molecular weight is 342 g/mol. The minimum Gasteiger partial charge on any atom is -0.329 e. The fourth-order valence-corrected chi connectivity index (χ4v) is 3.96. The molecule has 2 aromatic rings. The van der Waals surface area contributed by atoms with E-state index in [1.54, 1.807) is 10.7 Å². The molecule has 0 N–H and O–H groups in total. The highest BCUT2D eigenvalue weighted by atomic mass is 16.2. The van der Waals surface area contributed by atoms with Crippen molar-refractivity contribution in [1.29, 1.82) is 0 Å². The van der Waals surface area contributed by atoms with Crippen molar-refractivity contribution < 1.29 is 4.79 Å². The smallest absolute Gasteiger partial charge is 0.274 e. The van der Waals surface area contributed by atoms with E-state index in [4.69, 9.17) is 0 Å². The van der Waals surface area contributed by atoms with Crippen LogP contribution in [0.3, 0.4) is 0 Å². The van der Waals surface area contributed by atoms with E-state index in [2.05, 4.69) is 19.8 Å². The Bertz CT molecular complexity index is 730. The molecule has 2 aromatic heterocycles. The zero-order chi connectivity index (χ0) is 17.2. The molecule has 1 amide bonds. The molecule has 2 aliphatic rings. The third kappa shape index (κ3) is 3.46. The van der Waals surface area contributed by atoms with Gasteiger partial charge in [0.1, 0.15) is 5.69 Å². The molecule has 4 heterocycles. The Balaban J connectivity index is 1.46. The van der Waals surface area contributed by atoms with Crippen LogP contribution in [0.1, 0.15) is 47.9 Å². The Morgan fingerprint density at radius 1 is 1.24 bits per heavy atom. The first-order valence-corrected chi connectivity index (χ1v) is 9.24. The minimum atomic E-state index is 0.0102. The number of amides is 1. The van der Waals surface area contributed by atoms with Gasteiger partial charge in [-0.1, -0.05) is 6.42 Å². The van der Waals surface area contributed by atoms with Crippen LogP contribution >= 0.6 is 0 Å². The zero-order valence-electron chi connectivity index (χ0n) is 14.8. The quantitative estimate of drug-likeness (QED) is 0.848. The zero-order valence-corrected chi connectivity index (χ0v) is 14.8. The molecule has 7 nitrogen and oxygen atoms in total. The number of aryl methyl sites for hydroxylation is 1. The Morgan fingerprint density at radius 3 is 2.84 bits per heavy atom. The van der Waals surface area contributed by atoms with Crippen molar-refractivity contribution in [3.63, 3.8) is 0 Å². The van der Waals surface area contributed by atoms with E-state index in [1.807, 2.05) is 30.4 Å². The molecule has 1 saturated heterocycles. The normalized spacial score (nSPS) is 21.3. The van der Waals surface area contributed by atoms with E-state index in [0.717, 1.165) is 18.7 Å². The Labute approximate surface area is 148 Å². The van der Waals surface area contributed by atoms with Gasteiger partial charge in [0.25, 0.3) is 5.91 Å². The van der Waals surface area contributed by atoms with Crippen LogP contribution < -0.4 is 0 Å². The van der Waals surface area contributed by atoms with Gasteiger partial charge in [-0.05, 0) is 44.5 Å². The number of fused-ring (bicyclic) bond motifs is 1. The third-order valence-corrected chi connectivity index (χ3v) is 5.33. The highest BCUT2D eigenvalue weighted by molar-refractivity contribution is 5.92. The van der Waals surface area contributed by atoms with Gasteiger partial charge in [-0.2, -0.15) is 10.2 Å². The molecule has 0 saturated carbocycles. The first-order valence-electron chi connectivity index (χ1n) is 9.24. The Kier molecular flexibility index (Phi) is 4.57. The summed E-state index contributed by atoms with van der Waals surface area (Å²) in [6.07, 6.45) is 8.66. The molecular weight excluding hydrogens is 316 g/mol. The lowest BCUT2D eigenvalue weighted by Gasteiger charge is -2.35. The molecule has 0 radical (unpaired) electrons. The number of rotatable bonds is 4. The van der Waals surface area contributed by atoms with E-state index in [0.29, 0.717) is 18.8 Å². The largest absolute Gasteiger partial charge is 0.329 e. The second-order valence-electron chi connectivity index (χ2n) is 7.17. The number of likely N-dealkylation sites (tertiary alicyclic amines) is 1. The SMILES string of the molecule is Cn1ccc(C(=O)N2Cc3ccnn3[C@H](CCN3CCCCC3)C2)n1. The second-order valence-corrected chi connectivity index (χ2v) is 7.17. The van der Waals surface area contributed by atoms with Gasteiger partial charge in [-0.15, -0.1) is 0 Å². The first-order chi connectivity index (χ1) is 12.2. The van der Waals surface area contributed by atoms with E-state index in [-0.39, 0.29) is 11.9 Å². The Hall–Kier alpha value is -2.15. The fraction of sp³-hybridized carbons (Fsp3) is 0.611. The number of nitrogens with zero attached hydrogens (tertiary/aromatic N) is 6. The molecular formula is C18H26N6O. The standard InChI is InChI=1S/C18H26N6O/c1-21-11-7-17(20-21)18(25)23-13-15-5-8-19-24(15)16(14-23)6-12-22-9-3-2-4-10-22/h5,7-8,11,16H,2-4,6,9-10,12-14H2,1H3/t16-/m1/s1. The van der Waals surface area contributed by atoms with Crippen molar-refractivity contribution in [3.05, 3.63) is 35.9 Å². The maximum Gasteiger partial charge on any atom is 0.274 e. The molecule has 1 fully saturated rings. The molecule has 2 aliphatic heterocycles. The number of piperidine rings is 1. The predicted octanol–water partition coefficient (Wildman–Crippen LogP) is 1.69. The maximum atomic E-state index is 12.8. The summed E-state index contributed by atoms with van der Waals surface area (Å²) in [7, 11) is 1.84. The van der Waals surface area contributed by atoms with Crippen LogP contribution in [-0.4, -0.2) is 61.4 Å². The van der Waals surface area contributed by atoms with Gasteiger partial charge in [0.2, 0.25) is 0 Å². The molecule has 134 valence electrons. The van der Waals surface area contributed by atoms with Crippen LogP contribution in [-0.2, 0) is 13.6 Å². The van der Waals surface area contributed by atoms with Crippen LogP contribution in [0.15, 0.2) is 24.5 Å². The number of carbonyl (C=O) groups is 1. The van der Waals surface area contributed by atoms with Gasteiger partial charge in [0.05, 0.1) is 18.3 Å². The van der Waals surface area contributed by atoms with Crippen LogP contribution in [0.5, 0.6) is 0 Å². The highest BCUT2D eigenvalue weighted by Gasteiger charge is 2.30. The molecule has 7 heteroatoms. The van der Waals surface area contributed by atoms with Crippen molar-refractivity contribution >= 4 is 5.91 Å². The number of hydrogen-bond donors (Lipinski definition) is 0. The highest BCUT2D eigenvalue weighted by Crippen LogP contribution is 2.25. The van der Waals surface area contributed by atoms with Crippen LogP contribution in [0.4, 0.5) is 0 Å². The molecule has 1 atom stereocenters. The summed E-state index contributed by atoms with van der Waals surface area (Å²) < 4.78 is 3.79. The molecule has 0 aliphatic carbocycles. The maximum absolute atomic E-state index is 12.8. The lowest BCUT2D eigenvalue weighted by Crippen LogP contribution is -2.43. The number of carbonyl (C=O) groups excluding carboxylic acids is 1. The van der Waals surface area contributed by atoms with Crippen LogP contribution in [0.25, 0.3) is 0 Å². The molecule has 25 heavy (non-hydrogen) atoms. The average Bonchev–Trinajstić information content (AvgIpc) is 3.28. The van der Waals surface area contributed by atoms with E-state index >= 15 is 0 Å². The number of hydrogen-bond acceptors (Lipinski definition) is 4. The minimum absolute atomic E-state index is 0.0102. The van der Waals surface area contributed by atoms with Crippen molar-refractivity contribution in [2.75, 3.05) is 26.2 Å². The summed E-state index contributed by atoms with van der Waals surface area (Å²) in [5.74, 6) is 0.0102. The van der Waals surface area contributed by atoms with Crippen molar-refractivity contribution in [2.24, 2.45) is 7.05 Å². The number of aromatic nitrogens is 4. The lowest BCUT2D eigenvalue weighted by molar-refractivity contribution is 0.0647. The van der Waals surface area contributed by atoms with Crippen molar-refractivity contribution in [2.45, 2.75) is 38.3 Å². The summed E-state index contributed by atoms with van der Waals surface area (Å²) in [4.78, 5) is 17.3. The fourth-order valence-electron chi connectivity index (χ4n) is 3.96. The summed E-state index contributed by atoms with van der Waals surface area (Å²) in [5.41, 5.74) is 1.63. The molecule has 0 bridgehead atoms. The third-order valence-electron chi connectivity index (χ3n) is 5.33. The summed E-state index contributed by atoms with van der Waals surface area (Å²) >= 11 is 0. The van der Waals surface area contributed by atoms with Gasteiger partial charge in [0, 0.05) is 32.5 Å². The van der Waals surface area contributed by atoms with Gasteiger partial charge >= 0.3 is 0 Å². The van der Waals surface area contributed by atoms with Crippen molar-refractivity contribution in [1.82, 2.24) is 29.4 Å². The molecule has 0 aromatic carbocycles. The monoisotopic (exact) mass is 342 g/mol. The Morgan fingerprint density at radius 2 is 2.08 bits per heavy atom. The summed E-state index contributed by atoms with van der Waals surface area (Å²) in [6, 6.07) is 4.05. The summed E-state index contributed by atoms with van der Waals surface area (Å²) in [6.45, 7) is 4.80. The van der Waals surface area contributed by atoms with Gasteiger partial charge in [-0.25, -0.2) is 0 Å². The molecule has 0 spiro atoms. The molecule has 4 rings (SSSR count).